The average Bonchev–Trinajstić information content (AvgIpc) is 3.16. The molecule has 0 saturated heterocycles. The molecule has 0 amide bonds. The highest BCUT2D eigenvalue weighted by Gasteiger charge is 2.37. The van der Waals surface area contributed by atoms with Gasteiger partial charge in [-0.3, -0.25) is 0 Å². The molecule has 7 heteroatoms. The molecule has 0 unspecified atom stereocenters. The fraction of sp³-hybridized carbons (Fsp3) is 0.286. The van der Waals surface area contributed by atoms with Gasteiger partial charge in [-0.25, -0.2) is 9.67 Å². The van der Waals surface area contributed by atoms with E-state index in [0.717, 1.165) is 34.8 Å². The highest BCUT2D eigenvalue weighted by atomic mass is 32.1. The molecule has 4 rings (SSSR count). The summed E-state index contributed by atoms with van der Waals surface area (Å²) in [5.74, 6) is 0. The molecule has 2 aromatic heterocycles. The molecule has 106 valence electrons. The van der Waals surface area contributed by atoms with E-state index in [1.54, 1.807) is 22.3 Å². The van der Waals surface area contributed by atoms with Crippen molar-refractivity contribution in [2.45, 2.75) is 24.8 Å². The van der Waals surface area contributed by atoms with Crippen molar-refractivity contribution in [2.75, 3.05) is 0 Å². The van der Waals surface area contributed by atoms with E-state index < -0.39 is 0 Å². The molecule has 1 aliphatic carbocycles. The fourth-order valence-electron chi connectivity index (χ4n) is 2.49. The first-order valence-electron chi connectivity index (χ1n) is 6.83. The Bertz CT molecular complexity index is 759. The van der Waals surface area contributed by atoms with Gasteiger partial charge in [0, 0.05) is 10.9 Å². The van der Waals surface area contributed by atoms with Crippen LogP contribution in [0.2, 0.25) is 0 Å². The van der Waals surface area contributed by atoms with Crippen LogP contribution >= 0.6 is 11.3 Å². The zero-order valence-corrected chi connectivity index (χ0v) is 12.1. The number of tetrazole rings is 1. The van der Waals surface area contributed by atoms with Gasteiger partial charge in [-0.05, 0) is 41.8 Å². The lowest BCUT2D eigenvalue weighted by Crippen LogP contribution is -2.43. The Labute approximate surface area is 125 Å². The van der Waals surface area contributed by atoms with E-state index in [4.69, 9.17) is 10.7 Å². The molecule has 2 N–H and O–H groups in total. The summed E-state index contributed by atoms with van der Waals surface area (Å²) in [5.41, 5.74) is 9.07. The molecule has 1 aliphatic rings. The minimum atomic E-state index is -0.198. The van der Waals surface area contributed by atoms with E-state index in [0.29, 0.717) is 0 Å². The van der Waals surface area contributed by atoms with E-state index in [2.05, 4.69) is 20.9 Å². The average molecular weight is 298 g/mol. The summed E-state index contributed by atoms with van der Waals surface area (Å²) in [6, 6.07) is 8.01. The van der Waals surface area contributed by atoms with Crippen LogP contribution in [0.25, 0.3) is 16.9 Å². The molecule has 1 fully saturated rings. The van der Waals surface area contributed by atoms with Crippen molar-refractivity contribution >= 4 is 11.3 Å². The monoisotopic (exact) mass is 298 g/mol. The Kier molecular flexibility index (Phi) is 2.83. The van der Waals surface area contributed by atoms with Crippen LogP contribution in [0.15, 0.2) is 36.0 Å². The van der Waals surface area contributed by atoms with Crippen LogP contribution in [0, 0.1) is 0 Å². The van der Waals surface area contributed by atoms with E-state index >= 15 is 0 Å². The van der Waals surface area contributed by atoms with Crippen molar-refractivity contribution in [3.05, 3.63) is 41.0 Å². The Morgan fingerprint density at radius 1 is 1.29 bits per heavy atom. The summed E-state index contributed by atoms with van der Waals surface area (Å²) in [6.45, 7) is 0. The molecule has 6 nitrogen and oxygen atoms in total. The first kappa shape index (κ1) is 12.6. The van der Waals surface area contributed by atoms with Gasteiger partial charge in [0.2, 0.25) is 0 Å². The van der Waals surface area contributed by atoms with Gasteiger partial charge in [0.15, 0.2) is 0 Å². The van der Waals surface area contributed by atoms with Gasteiger partial charge >= 0.3 is 0 Å². The van der Waals surface area contributed by atoms with Crippen LogP contribution in [0.1, 0.15) is 24.3 Å². The summed E-state index contributed by atoms with van der Waals surface area (Å²) in [4.78, 5) is 4.73. The maximum absolute atomic E-state index is 6.34. The Morgan fingerprint density at radius 3 is 2.90 bits per heavy atom. The van der Waals surface area contributed by atoms with Crippen molar-refractivity contribution in [3.63, 3.8) is 0 Å². The standard InChI is InChI=1S/C14H14N6S/c15-14(5-2-6-14)13-17-12(8-21-13)10-3-1-4-11(7-10)20-9-16-18-19-20/h1,3-4,7-9H,2,5-6,15H2. The SMILES string of the molecule is NC1(c2nc(-c3cccc(-n4cnnn4)c3)cs2)CCC1. The van der Waals surface area contributed by atoms with E-state index in [1.165, 1.54) is 6.42 Å². The largest absolute Gasteiger partial charge is 0.319 e. The molecule has 0 atom stereocenters. The minimum Gasteiger partial charge on any atom is -0.319 e. The van der Waals surface area contributed by atoms with Gasteiger partial charge < -0.3 is 5.73 Å². The van der Waals surface area contributed by atoms with Crippen molar-refractivity contribution < 1.29 is 0 Å². The third-order valence-corrected chi connectivity index (χ3v) is 4.99. The first-order chi connectivity index (χ1) is 10.2. The number of hydrogen-bond acceptors (Lipinski definition) is 6. The predicted molar refractivity (Wildman–Crippen MR) is 80.0 cm³/mol. The third kappa shape index (κ3) is 2.14. The fourth-order valence-corrected chi connectivity index (χ4v) is 3.50. The molecule has 0 radical (unpaired) electrons. The zero-order chi connectivity index (χ0) is 14.3. The van der Waals surface area contributed by atoms with Gasteiger partial charge in [-0.1, -0.05) is 12.1 Å². The second-order valence-corrected chi connectivity index (χ2v) is 6.21. The predicted octanol–water partition coefficient (Wildman–Crippen LogP) is 2.12. The lowest BCUT2D eigenvalue weighted by molar-refractivity contribution is 0.253. The topological polar surface area (TPSA) is 82.5 Å². The summed E-state index contributed by atoms with van der Waals surface area (Å²) < 4.78 is 1.63. The molecule has 1 aromatic carbocycles. The molecule has 2 heterocycles. The Balaban J connectivity index is 1.69. The van der Waals surface area contributed by atoms with Crippen molar-refractivity contribution in [1.82, 2.24) is 25.2 Å². The summed E-state index contributed by atoms with van der Waals surface area (Å²) in [6.07, 6.45) is 4.84. The van der Waals surface area contributed by atoms with Gasteiger partial charge in [0.05, 0.1) is 16.9 Å². The van der Waals surface area contributed by atoms with Gasteiger partial charge in [0.25, 0.3) is 0 Å². The molecule has 0 aliphatic heterocycles. The summed E-state index contributed by atoms with van der Waals surface area (Å²) >= 11 is 1.65. The van der Waals surface area contributed by atoms with Gasteiger partial charge in [-0.2, -0.15) is 0 Å². The summed E-state index contributed by atoms with van der Waals surface area (Å²) in [5, 5.41) is 14.3. The quantitative estimate of drug-likeness (QED) is 0.801. The van der Waals surface area contributed by atoms with Crippen molar-refractivity contribution in [1.29, 1.82) is 0 Å². The normalized spacial score (nSPS) is 16.6. The number of nitrogens with two attached hydrogens (primary N) is 1. The number of rotatable bonds is 3. The second-order valence-electron chi connectivity index (χ2n) is 5.35. The lowest BCUT2D eigenvalue weighted by atomic mass is 9.78. The highest BCUT2D eigenvalue weighted by molar-refractivity contribution is 7.10. The van der Waals surface area contributed by atoms with Crippen molar-refractivity contribution in [3.8, 4) is 16.9 Å². The molecular weight excluding hydrogens is 284 g/mol. The number of nitrogens with zero attached hydrogens (tertiary/aromatic N) is 5. The van der Waals surface area contributed by atoms with Crippen LogP contribution in [-0.4, -0.2) is 25.2 Å². The molecule has 0 bridgehead atoms. The molecule has 3 aromatic rings. The lowest BCUT2D eigenvalue weighted by Gasteiger charge is -2.35. The number of benzene rings is 1. The Hall–Kier alpha value is -2.12. The zero-order valence-electron chi connectivity index (χ0n) is 11.3. The van der Waals surface area contributed by atoms with Crippen LogP contribution in [0.4, 0.5) is 0 Å². The maximum Gasteiger partial charge on any atom is 0.143 e. The van der Waals surface area contributed by atoms with E-state index in [1.807, 2.05) is 24.3 Å². The molecular formula is C14H14N6S. The van der Waals surface area contributed by atoms with Crippen LogP contribution in [0.3, 0.4) is 0 Å². The minimum absolute atomic E-state index is 0.198. The highest BCUT2D eigenvalue weighted by Crippen LogP contribution is 2.41. The maximum atomic E-state index is 6.34. The number of hydrogen-bond donors (Lipinski definition) is 1. The van der Waals surface area contributed by atoms with E-state index in [9.17, 15) is 0 Å². The Morgan fingerprint density at radius 2 is 2.19 bits per heavy atom. The van der Waals surface area contributed by atoms with Crippen LogP contribution < -0.4 is 5.73 Å². The molecule has 1 saturated carbocycles. The first-order valence-corrected chi connectivity index (χ1v) is 7.71. The smallest absolute Gasteiger partial charge is 0.143 e. The second kappa shape index (κ2) is 4.71. The third-order valence-electron chi connectivity index (χ3n) is 3.93. The van der Waals surface area contributed by atoms with Crippen LogP contribution in [-0.2, 0) is 5.54 Å². The van der Waals surface area contributed by atoms with Gasteiger partial charge in [-0.15, -0.1) is 16.4 Å². The number of aromatic nitrogens is 5. The number of thiazole rings is 1. The van der Waals surface area contributed by atoms with Gasteiger partial charge in [0.1, 0.15) is 11.3 Å². The molecule has 21 heavy (non-hydrogen) atoms. The molecule has 0 spiro atoms. The summed E-state index contributed by atoms with van der Waals surface area (Å²) in [7, 11) is 0. The van der Waals surface area contributed by atoms with E-state index in [-0.39, 0.29) is 5.54 Å². The van der Waals surface area contributed by atoms with Crippen molar-refractivity contribution in [2.24, 2.45) is 5.73 Å². The van der Waals surface area contributed by atoms with Crippen LogP contribution in [0.5, 0.6) is 0 Å².